The van der Waals surface area contributed by atoms with E-state index in [1.807, 2.05) is 25.1 Å². The van der Waals surface area contributed by atoms with Crippen LogP contribution in [0, 0.1) is 0 Å². The molecule has 0 fully saturated rings. The molecule has 2 unspecified atom stereocenters. The minimum absolute atomic E-state index is 0.345. The molecule has 0 radical (unpaired) electrons. The molecule has 0 aliphatic rings. The van der Waals surface area contributed by atoms with E-state index in [1.165, 1.54) is 5.56 Å². The maximum absolute atomic E-state index is 11.7. The van der Waals surface area contributed by atoms with Crippen LogP contribution in [-0.2, 0) is 4.79 Å². The second-order valence-electron chi connectivity index (χ2n) is 5.18. The van der Waals surface area contributed by atoms with Crippen molar-refractivity contribution >= 4 is 12.0 Å². The Morgan fingerprint density at radius 1 is 1.19 bits per heavy atom. The van der Waals surface area contributed by atoms with Gasteiger partial charge < -0.3 is 15.7 Å². The quantitative estimate of drug-likeness (QED) is 0.689. The van der Waals surface area contributed by atoms with Gasteiger partial charge in [-0.1, -0.05) is 50.6 Å². The van der Waals surface area contributed by atoms with Gasteiger partial charge in [0.05, 0.1) is 0 Å². The maximum atomic E-state index is 11.7. The molecule has 1 aromatic carbocycles. The molecule has 116 valence electrons. The number of hydrogen-bond acceptors (Lipinski definition) is 2. The van der Waals surface area contributed by atoms with Crippen LogP contribution >= 0.6 is 0 Å². The van der Waals surface area contributed by atoms with Gasteiger partial charge >= 0.3 is 12.0 Å². The topological polar surface area (TPSA) is 78.4 Å². The summed E-state index contributed by atoms with van der Waals surface area (Å²) in [6, 6.07) is 8.85. The van der Waals surface area contributed by atoms with Gasteiger partial charge in [-0.25, -0.2) is 9.59 Å². The second-order valence-corrected chi connectivity index (χ2v) is 5.18. The Kier molecular flexibility index (Phi) is 7.29. The molecule has 21 heavy (non-hydrogen) atoms. The number of carboxylic acid groups (broad SMARTS) is 1. The van der Waals surface area contributed by atoms with Gasteiger partial charge in [-0.15, -0.1) is 0 Å². The first-order chi connectivity index (χ1) is 10.0. The average Bonchev–Trinajstić information content (AvgIpc) is 2.47. The first-order valence-corrected chi connectivity index (χ1v) is 7.36. The fourth-order valence-electron chi connectivity index (χ4n) is 2.11. The first kappa shape index (κ1) is 17.0. The van der Waals surface area contributed by atoms with Gasteiger partial charge in [0.25, 0.3) is 0 Å². The summed E-state index contributed by atoms with van der Waals surface area (Å²) in [6.07, 6.45) is 1.95. The molecule has 2 atom stereocenters. The van der Waals surface area contributed by atoms with Crippen molar-refractivity contribution in [1.29, 1.82) is 0 Å². The lowest BCUT2D eigenvalue weighted by atomic mass is 9.98. The van der Waals surface area contributed by atoms with Crippen LogP contribution in [0.4, 0.5) is 4.79 Å². The molecule has 0 aliphatic heterocycles. The summed E-state index contributed by atoms with van der Waals surface area (Å²) < 4.78 is 0. The van der Waals surface area contributed by atoms with Gasteiger partial charge in [0.15, 0.2) is 0 Å². The molecule has 0 saturated heterocycles. The van der Waals surface area contributed by atoms with Crippen molar-refractivity contribution in [2.24, 2.45) is 0 Å². The number of aliphatic carboxylic acids is 1. The van der Waals surface area contributed by atoms with Gasteiger partial charge in [0.2, 0.25) is 0 Å². The zero-order chi connectivity index (χ0) is 15.7. The van der Waals surface area contributed by atoms with Crippen molar-refractivity contribution in [3.63, 3.8) is 0 Å². The van der Waals surface area contributed by atoms with E-state index in [4.69, 9.17) is 5.11 Å². The zero-order valence-electron chi connectivity index (χ0n) is 12.6. The van der Waals surface area contributed by atoms with Gasteiger partial charge in [0.1, 0.15) is 6.04 Å². The van der Waals surface area contributed by atoms with E-state index in [1.54, 1.807) is 0 Å². The molecule has 3 N–H and O–H groups in total. The second kappa shape index (κ2) is 9.00. The Bertz CT molecular complexity index is 448. The lowest BCUT2D eigenvalue weighted by Gasteiger charge is -2.16. The summed E-state index contributed by atoms with van der Waals surface area (Å²) in [6.45, 7) is 4.50. The van der Waals surface area contributed by atoms with Crippen molar-refractivity contribution in [2.45, 2.75) is 45.1 Å². The van der Waals surface area contributed by atoms with Gasteiger partial charge in [-0.3, -0.25) is 0 Å². The molecular weight excluding hydrogens is 268 g/mol. The van der Waals surface area contributed by atoms with Crippen LogP contribution in [-0.4, -0.2) is 29.7 Å². The summed E-state index contributed by atoms with van der Waals surface area (Å²) in [4.78, 5) is 22.6. The Labute approximate surface area is 125 Å². The number of carbonyl (C=O) groups is 2. The van der Waals surface area contributed by atoms with Crippen molar-refractivity contribution in [3.8, 4) is 0 Å². The average molecular weight is 292 g/mol. The molecule has 0 aliphatic carbocycles. The molecule has 5 nitrogen and oxygen atoms in total. The molecule has 0 spiro atoms. The number of rotatable bonds is 8. The smallest absolute Gasteiger partial charge is 0.326 e. The molecule has 0 heterocycles. The van der Waals surface area contributed by atoms with Crippen molar-refractivity contribution < 1.29 is 14.7 Å². The predicted molar refractivity (Wildman–Crippen MR) is 82.3 cm³/mol. The van der Waals surface area contributed by atoms with Gasteiger partial charge in [0, 0.05) is 6.54 Å². The minimum Gasteiger partial charge on any atom is -0.480 e. The van der Waals surface area contributed by atoms with Crippen molar-refractivity contribution in [3.05, 3.63) is 35.9 Å². The van der Waals surface area contributed by atoms with Crippen molar-refractivity contribution in [1.82, 2.24) is 10.6 Å². The van der Waals surface area contributed by atoms with E-state index in [9.17, 15) is 9.59 Å². The summed E-state index contributed by atoms with van der Waals surface area (Å²) in [5, 5.41) is 14.2. The summed E-state index contributed by atoms with van der Waals surface area (Å²) in [7, 11) is 0. The zero-order valence-corrected chi connectivity index (χ0v) is 12.6. The number of hydrogen-bond donors (Lipinski definition) is 3. The fourth-order valence-corrected chi connectivity index (χ4v) is 2.11. The van der Waals surface area contributed by atoms with E-state index in [-0.39, 0.29) is 0 Å². The third-order valence-electron chi connectivity index (χ3n) is 3.41. The summed E-state index contributed by atoms with van der Waals surface area (Å²) >= 11 is 0. The normalized spacial score (nSPS) is 13.2. The monoisotopic (exact) mass is 292 g/mol. The molecule has 0 saturated carbocycles. The number of carboxylic acids is 1. The highest BCUT2D eigenvalue weighted by molar-refractivity contribution is 5.82. The van der Waals surface area contributed by atoms with E-state index in [2.05, 4.69) is 29.7 Å². The highest BCUT2D eigenvalue weighted by Crippen LogP contribution is 2.17. The van der Waals surface area contributed by atoms with Crippen molar-refractivity contribution in [2.75, 3.05) is 6.54 Å². The van der Waals surface area contributed by atoms with Crippen LogP contribution in [0.25, 0.3) is 0 Å². The molecule has 1 rings (SSSR count). The number of carbonyl (C=O) groups excluding carboxylic acids is 1. The number of benzene rings is 1. The van der Waals surface area contributed by atoms with Crippen LogP contribution in [0.2, 0.25) is 0 Å². The molecular formula is C16H24N2O3. The highest BCUT2D eigenvalue weighted by atomic mass is 16.4. The standard InChI is InChI=1S/C16H24N2O3/c1-3-7-14(15(19)20)18-16(21)17-11-10-12(2)13-8-5-4-6-9-13/h4-6,8-9,12,14H,3,7,10-11H2,1-2H3,(H,19,20)(H2,17,18,21). The van der Waals surface area contributed by atoms with Gasteiger partial charge in [-0.05, 0) is 24.3 Å². The van der Waals surface area contributed by atoms with E-state index in [0.29, 0.717) is 25.3 Å². The first-order valence-electron chi connectivity index (χ1n) is 7.36. The Morgan fingerprint density at radius 3 is 2.43 bits per heavy atom. The lowest BCUT2D eigenvalue weighted by Crippen LogP contribution is -2.46. The third kappa shape index (κ3) is 6.29. The van der Waals surface area contributed by atoms with Gasteiger partial charge in [-0.2, -0.15) is 0 Å². The molecule has 0 aromatic heterocycles. The van der Waals surface area contributed by atoms with Crippen LogP contribution in [0.15, 0.2) is 30.3 Å². The molecule has 2 amide bonds. The fraction of sp³-hybridized carbons (Fsp3) is 0.500. The largest absolute Gasteiger partial charge is 0.480 e. The van der Waals surface area contributed by atoms with E-state index in [0.717, 1.165) is 6.42 Å². The number of nitrogens with one attached hydrogen (secondary N) is 2. The Hall–Kier alpha value is -2.04. The SMILES string of the molecule is CCCC(NC(=O)NCCC(C)c1ccccc1)C(=O)O. The van der Waals surface area contributed by atoms with E-state index >= 15 is 0 Å². The number of urea groups is 1. The van der Waals surface area contributed by atoms with Crippen LogP contribution in [0.5, 0.6) is 0 Å². The number of amides is 2. The lowest BCUT2D eigenvalue weighted by molar-refractivity contribution is -0.139. The molecule has 0 bridgehead atoms. The van der Waals surface area contributed by atoms with Crippen LogP contribution in [0.3, 0.4) is 0 Å². The predicted octanol–water partition coefficient (Wildman–Crippen LogP) is 2.73. The maximum Gasteiger partial charge on any atom is 0.326 e. The summed E-state index contributed by atoms with van der Waals surface area (Å²) in [5.74, 6) is -0.651. The molecule has 1 aromatic rings. The highest BCUT2D eigenvalue weighted by Gasteiger charge is 2.18. The Morgan fingerprint density at radius 2 is 1.86 bits per heavy atom. The minimum atomic E-state index is -0.996. The Balaban J connectivity index is 2.31. The van der Waals surface area contributed by atoms with Crippen LogP contribution < -0.4 is 10.6 Å². The third-order valence-corrected chi connectivity index (χ3v) is 3.41. The van der Waals surface area contributed by atoms with Crippen LogP contribution in [0.1, 0.15) is 44.6 Å². The summed E-state index contributed by atoms with van der Waals surface area (Å²) in [5.41, 5.74) is 1.23. The molecule has 5 heteroatoms. The van der Waals surface area contributed by atoms with E-state index < -0.39 is 18.0 Å².